The summed E-state index contributed by atoms with van der Waals surface area (Å²) in [5, 5.41) is 3.01. The Bertz CT molecular complexity index is 1350. The quantitative estimate of drug-likeness (QED) is 0.373. The highest BCUT2D eigenvalue weighted by Crippen LogP contribution is 2.39. The summed E-state index contributed by atoms with van der Waals surface area (Å²) in [5.41, 5.74) is 4.54. The lowest BCUT2D eigenvalue weighted by Crippen LogP contribution is -2.37. The fraction of sp³-hybridized carbons (Fsp3) is 0.280. The lowest BCUT2D eigenvalue weighted by molar-refractivity contribution is 0.320. The number of sulfonamides is 1. The van der Waals surface area contributed by atoms with Gasteiger partial charge in [-0.3, -0.25) is 0 Å². The van der Waals surface area contributed by atoms with Crippen molar-refractivity contribution in [2.45, 2.75) is 36.4 Å². The molecule has 5 rings (SSSR count). The molecule has 1 aliphatic rings. The molecule has 3 heterocycles. The van der Waals surface area contributed by atoms with E-state index in [0.29, 0.717) is 29.8 Å². The molecule has 0 unspecified atom stereocenters. The molecular formula is C25H25FN2O2S2. The van der Waals surface area contributed by atoms with Gasteiger partial charge in [-0.05, 0) is 66.5 Å². The van der Waals surface area contributed by atoms with E-state index < -0.39 is 10.0 Å². The molecule has 4 nitrogen and oxygen atoms in total. The van der Waals surface area contributed by atoms with Gasteiger partial charge in [0.15, 0.2) is 0 Å². The molecule has 0 N–H and O–H groups in total. The predicted molar refractivity (Wildman–Crippen MR) is 127 cm³/mol. The molecule has 0 amide bonds. The second kappa shape index (κ2) is 8.46. The van der Waals surface area contributed by atoms with Crippen LogP contribution in [0.1, 0.15) is 35.6 Å². The minimum absolute atomic E-state index is 0.226. The van der Waals surface area contributed by atoms with Gasteiger partial charge >= 0.3 is 0 Å². The van der Waals surface area contributed by atoms with Gasteiger partial charge in [-0.2, -0.15) is 4.31 Å². The third-order valence-electron chi connectivity index (χ3n) is 6.46. The third-order valence-corrected chi connectivity index (χ3v) is 9.73. The van der Waals surface area contributed by atoms with Gasteiger partial charge in [0, 0.05) is 36.2 Å². The highest BCUT2D eigenvalue weighted by atomic mass is 32.2. The number of rotatable bonds is 5. The average molecular weight is 469 g/mol. The standard InChI is InChI=1S/C25H25FN2O2S2/c1-18-25(20-11-13-27(14-12-20)32(29,30)24-10-5-15-31-24)22-8-2-3-9-23(22)28(18)17-19-6-4-7-21(26)16-19/h2-10,15-16,20H,11-14,17H2,1H3. The summed E-state index contributed by atoms with van der Waals surface area (Å²) >= 11 is 1.27. The number of hydrogen-bond acceptors (Lipinski definition) is 3. The number of para-hydroxylation sites is 1. The minimum atomic E-state index is -3.41. The van der Waals surface area contributed by atoms with Crippen molar-refractivity contribution in [1.82, 2.24) is 8.87 Å². The summed E-state index contributed by atoms with van der Waals surface area (Å²) < 4.78 is 43.9. The molecule has 0 bridgehead atoms. The summed E-state index contributed by atoms with van der Waals surface area (Å²) in [6.45, 7) is 3.78. The van der Waals surface area contributed by atoms with Crippen molar-refractivity contribution in [3.63, 3.8) is 0 Å². The van der Waals surface area contributed by atoms with Crippen LogP contribution in [-0.2, 0) is 16.6 Å². The maximum Gasteiger partial charge on any atom is 0.252 e. The molecule has 32 heavy (non-hydrogen) atoms. The van der Waals surface area contributed by atoms with E-state index in [1.165, 1.54) is 34.0 Å². The first-order valence-corrected chi connectivity index (χ1v) is 13.1. The van der Waals surface area contributed by atoms with E-state index in [1.54, 1.807) is 34.0 Å². The SMILES string of the molecule is Cc1c(C2CCN(S(=O)(=O)c3cccs3)CC2)c2ccccc2n1Cc1cccc(F)c1. The Balaban J connectivity index is 1.45. The summed E-state index contributed by atoms with van der Waals surface area (Å²) in [7, 11) is -3.41. The van der Waals surface area contributed by atoms with Crippen LogP contribution >= 0.6 is 11.3 Å². The molecule has 0 radical (unpaired) electrons. The van der Waals surface area contributed by atoms with E-state index in [2.05, 4.69) is 23.6 Å². The Hall–Kier alpha value is -2.48. The topological polar surface area (TPSA) is 42.3 Å². The molecular weight excluding hydrogens is 443 g/mol. The van der Waals surface area contributed by atoms with Crippen LogP contribution in [-0.4, -0.2) is 30.4 Å². The summed E-state index contributed by atoms with van der Waals surface area (Å²) in [6.07, 6.45) is 1.58. The Morgan fingerprint density at radius 1 is 1.03 bits per heavy atom. The van der Waals surface area contributed by atoms with Gasteiger partial charge in [-0.25, -0.2) is 12.8 Å². The van der Waals surface area contributed by atoms with E-state index in [1.807, 2.05) is 18.2 Å². The van der Waals surface area contributed by atoms with E-state index >= 15 is 0 Å². The van der Waals surface area contributed by atoms with Crippen LogP contribution in [0.3, 0.4) is 0 Å². The van der Waals surface area contributed by atoms with Gasteiger partial charge in [0.25, 0.3) is 10.0 Å². The summed E-state index contributed by atoms with van der Waals surface area (Å²) in [4.78, 5) is 0. The van der Waals surface area contributed by atoms with Crippen LogP contribution in [0.4, 0.5) is 4.39 Å². The van der Waals surface area contributed by atoms with Crippen LogP contribution in [0, 0.1) is 12.7 Å². The Morgan fingerprint density at radius 2 is 1.81 bits per heavy atom. The van der Waals surface area contributed by atoms with Gasteiger partial charge in [0.05, 0.1) is 0 Å². The van der Waals surface area contributed by atoms with E-state index in [9.17, 15) is 12.8 Å². The zero-order valence-corrected chi connectivity index (χ0v) is 19.5. The van der Waals surface area contributed by atoms with Crippen LogP contribution < -0.4 is 0 Å². The molecule has 1 saturated heterocycles. The molecule has 0 aliphatic carbocycles. The van der Waals surface area contributed by atoms with Crippen LogP contribution in [0.15, 0.2) is 70.3 Å². The lowest BCUT2D eigenvalue weighted by atomic mass is 9.88. The average Bonchev–Trinajstić information content (AvgIpc) is 3.42. The zero-order valence-electron chi connectivity index (χ0n) is 17.9. The van der Waals surface area contributed by atoms with E-state index in [-0.39, 0.29) is 5.82 Å². The molecule has 2 aromatic heterocycles. The van der Waals surface area contributed by atoms with Crippen molar-refractivity contribution in [2.75, 3.05) is 13.1 Å². The maximum atomic E-state index is 13.8. The molecule has 2 aromatic carbocycles. The van der Waals surface area contributed by atoms with Crippen molar-refractivity contribution in [2.24, 2.45) is 0 Å². The molecule has 0 saturated carbocycles. The number of hydrogen-bond donors (Lipinski definition) is 0. The Labute approximate surface area is 192 Å². The summed E-state index contributed by atoms with van der Waals surface area (Å²) in [5.74, 6) is 0.0691. The Morgan fingerprint density at radius 3 is 2.53 bits per heavy atom. The van der Waals surface area contributed by atoms with Crippen molar-refractivity contribution in [3.05, 3.63) is 88.7 Å². The van der Waals surface area contributed by atoms with Crippen molar-refractivity contribution >= 4 is 32.3 Å². The van der Waals surface area contributed by atoms with Gasteiger partial charge in [0.2, 0.25) is 0 Å². The van der Waals surface area contributed by atoms with E-state index in [0.717, 1.165) is 23.9 Å². The van der Waals surface area contributed by atoms with Crippen molar-refractivity contribution in [1.29, 1.82) is 0 Å². The monoisotopic (exact) mass is 468 g/mol. The predicted octanol–water partition coefficient (Wildman–Crippen LogP) is 5.77. The van der Waals surface area contributed by atoms with Crippen LogP contribution in [0.2, 0.25) is 0 Å². The van der Waals surface area contributed by atoms with Gasteiger partial charge in [0.1, 0.15) is 10.0 Å². The summed E-state index contributed by atoms with van der Waals surface area (Å²) in [6, 6.07) is 18.5. The van der Waals surface area contributed by atoms with Gasteiger partial charge in [-0.1, -0.05) is 36.4 Å². The lowest BCUT2D eigenvalue weighted by Gasteiger charge is -2.31. The number of nitrogens with zero attached hydrogens (tertiary/aromatic N) is 2. The molecule has 166 valence electrons. The largest absolute Gasteiger partial charge is 0.340 e. The van der Waals surface area contributed by atoms with E-state index in [4.69, 9.17) is 0 Å². The van der Waals surface area contributed by atoms with Crippen molar-refractivity contribution < 1.29 is 12.8 Å². The third kappa shape index (κ3) is 3.78. The smallest absolute Gasteiger partial charge is 0.252 e. The second-order valence-corrected chi connectivity index (χ2v) is 11.5. The molecule has 1 aliphatic heterocycles. The fourth-order valence-electron chi connectivity index (χ4n) is 4.92. The number of benzene rings is 2. The molecule has 7 heteroatoms. The number of thiophene rings is 1. The first-order valence-electron chi connectivity index (χ1n) is 10.8. The van der Waals surface area contributed by atoms with Gasteiger partial charge < -0.3 is 4.57 Å². The second-order valence-electron chi connectivity index (χ2n) is 8.34. The van der Waals surface area contributed by atoms with Crippen LogP contribution in [0.25, 0.3) is 10.9 Å². The highest BCUT2D eigenvalue weighted by molar-refractivity contribution is 7.91. The van der Waals surface area contributed by atoms with Crippen LogP contribution in [0.5, 0.6) is 0 Å². The zero-order chi connectivity index (χ0) is 22.3. The fourth-order valence-corrected chi connectivity index (χ4v) is 7.53. The first kappa shape index (κ1) is 21.4. The highest BCUT2D eigenvalue weighted by Gasteiger charge is 2.32. The maximum absolute atomic E-state index is 13.8. The molecule has 0 atom stereocenters. The minimum Gasteiger partial charge on any atom is -0.340 e. The number of halogens is 1. The van der Waals surface area contributed by atoms with Gasteiger partial charge in [-0.15, -0.1) is 11.3 Å². The number of piperidine rings is 1. The molecule has 1 fully saturated rings. The molecule has 4 aromatic rings. The Kier molecular flexibility index (Phi) is 5.65. The van der Waals surface area contributed by atoms with Crippen molar-refractivity contribution in [3.8, 4) is 0 Å². The normalized spacial score (nSPS) is 16.1. The number of fused-ring (bicyclic) bond motifs is 1. The molecule has 0 spiro atoms. The number of aromatic nitrogens is 1. The first-order chi connectivity index (χ1) is 15.4.